The summed E-state index contributed by atoms with van der Waals surface area (Å²) < 4.78 is 28.5. The second-order valence-corrected chi connectivity index (χ2v) is 9.65. The summed E-state index contributed by atoms with van der Waals surface area (Å²) in [6.45, 7) is 8.18. The van der Waals surface area contributed by atoms with Crippen LogP contribution < -0.4 is 20.9 Å². The maximum absolute atomic E-state index is 12.9. The molecule has 1 fully saturated rings. The van der Waals surface area contributed by atoms with Gasteiger partial charge in [0.1, 0.15) is 0 Å². The number of benzene rings is 2. The van der Waals surface area contributed by atoms with Gasteiger partial charge in [-0.3, -0.25) is 14.9 Å². The van der Waals surface area contributed by atoms with Gasteiger partial charge in [0.15, 0.2) is 5.37 Å². The predicted molar refractivity (Wildman–Crippen MR) is 116 cm³/mol. The van der Waals surface area contributed by atoms with Crippen molar-refractivity contribution in [2.45, 2.75) is 39.0 Å². The van der Waals surface area contributed by atoms with Crippen molar-refractivity contribution in [3.05, 3.63) is 59.2 Å². The fraction of sp³-hybridized carbons (Fsp3) is 0.381. The van der Waals surface area contributed by atoms with Crippen LogP contribution in [0.2, 0.25) is 0 Å². The Morgan fingerprint density at radius 3 is 2.41 bits per heavy atom. The van der Waals surface area contributed by atoms with E-state index in [1.54, 1.807) is 18.2 Å². The molecule has 4 N–H and O–H groups in total. The highest BCUT2D eigenvalue weighted by atomic mass is 32.2. The van der Waals surface area contributed by atoms with E-state index in [0.29, 0.717) is 17.3 Å². The molecule has 2 aromatic rings. The van der Waals surface area contributed by atoms with Gasteiger partial charge in [0, 0.05) is 17.9 Å². The Balaban J connectivity index is 1.76. The zero-order valence-electron chi connectivity index (χ0n) is 17.1. The van der Waals surface area contributed by atoms with Crippen LogP contribution in [0.1, 0.15) is 36.5 Å². The Hall–Kier alpha value is -2.42. The lowest BCUT2D eigenvalue weighted by molar-refractivity contribution is -0.119. The standard InChI is InChI=1S/C21H28N4O3S/c1-13(2)16-6-5-7-17(11-16)23-20(26)19-12-22-24-21(19)29(27,28)25-18-9-14(3)8-15(4)10-18/h5-11,13,19,21-22,24-25H,12H2,1-4H3,(H,23,26). The number of rotatable bonds is 6. The highest BCUT2D eigenvalue weighted by molar-refractivity contribution is 7.93. The molecule has 3 rings (SSSR count). The lowest BCUT2D eigenvalue weighted by Gasteiger charge is -2.20. The van der Waals surface area contributed by atoms with Crippen molar-refractivity contribution >= 4 is 27.3 Å². The molecule has 2 unspecified atom stereocenters. The molecule has 2 aromatic carbocycles. The Morgan fingerprint density at radius 2 is 1.76 bits per heavy atom. The van der Waals surface area contributed by atoms with Crippen LogP contribution in [-0.4, -0.2) is 26.2 Å². The molecule has 0 saturated carbocycles. The number of carbonyl (C=O) groups is 1. The Bertz CT molecular complexity index is 984. The Labute approximate surface area is 172 Å². The predicted octanol–water partition coefficient (Wildman–Crippen LogP) is 2.86. The summed E-state index contributed by atoms with van der Waals surface area (Å²) >= 11 is 0. The number of hydrogen-bond donors (Lipinski definition) is 4. The second kappa shape index (κ2) is 8.52. The van der Waals surface area contributed by atoms with E-state index in [9.17, 15) is 13.2 Å². The van der Waals surface area contributed by atoms with Crippen molar-refractivity contribution in [1.29, 1.82) is 0 Å². The third-order valence-corrected chi connectivity index (χ3v) is 6.54. The van der Waals surface area contributed by atoms with Gasteiger partial charge in [-0.25, -0.2) is 13.8 Å². The van der Waals surface area contributed by atoms with Crippen molar-refractivity contribution in [1.82, 2.24) is 10.9 Å². The molecule has 1 aliphatic rings. The molecule has 0 radical (unpaired) electrons. The van der Waals surface area contributed by atoms with E-state index >= 15 is 0 Å². The van der Waals surface area contributed by atoms with Gasteiger partial charge >= 0.3 is 0 Å². The number of hydrogen-bond acceptors (Lipinski definition) is 5. The van der Waals surface area contributed by atoms with Crippen LogP contribution in [-0.2, 0) is 14.8 Å². The minimum atomic E-state index is -3.84. The highest BCUT2D eigenvalue weighted by Crippen LogP contribution is 2.23. The number of amides is 1. The number of nitrogens with one attached hydrogen (secondary N) is 4. The lowest BCUT2D eigenvalue weighted by atomic mass is 10.0. The Kier molecular flexibility index (Phi) is 6.26. The largest absolute Gasteiger partial charge is 0.326 e. The number of anilines is 2. The quantitative estimate of drug-likeness (QED) is 0.580. The van der Waals surface area contributed by atoms with E-state index in [-0.39, 0.29) is 12.5 Å². The van der Waals surface area contributed by atoms with Crippen molar-refractivity contribution in [2.75, 3.05) is 16.6 Å². The molecule has 1 heterocycles. The third-order valence-electron chi connectivity index (χ3n) is 4.91. The summed E-state index contributed by atoms with van der Waals surface area (Å²) in [5.41, 5.74) is 9.70. The fourth-order valence-corrected chi connectivity index (χ4v) is 4.94. The molecule has 0 aliphatic carbocycles. The zero-order chi connectivity index (χ0) is 21.2. The van der Waals surface area contributed by atoms with Gasteiger partial charge in [-0.1, -0.05) is 32.0 Å². The van der Waals surface area contributed by atoms with Gasteiger partial charge in [-0.15, -0.1) is 0 Å². The van der Waals surface area contributed by atoms with Gasteiger partial charge in [0.05, 0.1) is 5.92 Å². The van der Waals surface area contributed by atoms with Gasteiger partial charge in [0.2, 0.25) is 5.91 Å². The van der Waals surface area contributed by atoms with Crippen LogP contribution in [0.3, 0.4) is 0 Å². The average molecular weight is 417 g/mol. The topological polar surface area (TPSA) is 99.3 Å². The first-order valence-electron chi connectivity index (χ1n) is 9.65. The van der Waals surface area contributed by atoms with Crippen LogP contribution in [0.4, 0.5) is 11.4 Å². The summed E-state index contributed by atoms with van der Waals surface area (Å²) in [4.78, 5) is 12.8. The summed E-state index contributed by atoms with van der Waals surface area (Å²) in [5.74, 6) is -0.794. The molecule has 0 aromatic heterocycles. The van der Waals surface area contributed by atoms with E-state index in [1.807, 2.05) is 38.1 Å². The fourth-order valence-electron chi connectivity index (χ4n) is 3.47. The molecule has 156 valence electrons. The molecular weight excluding hydrogens is 388 g/mol. The van der Waals surface area contributed by atoms with Gasteiger partial charge in [-0.2, -0.15) is 0 Å². The highest BCUT2D eigenvalue weighted by Gasteiger charge is 2.42. The molecular formula is C21H28N4O3S. The van der Waals surface area contributed by atoms with E-state index in [1.165, 1.54) is 0 Å². The smallest absolute Gasteiger partial charge is 0.250 e. The van der Waals surface area contributed by atoms with Crippen LogP contribution in [0.5, 0.6) is 0 Å². The monoisotopic (exact) mass is 416 g/mol. The summed E-state index contributed by atoms with van der Waals surface area (Å²) in [7, 11) is -3.84. The van der Waals surface area contributed by atoms with E-state index in [0.717, 1.165) is 16.7 Å². The molecule has 29 heavy (non-hydrogen) atoms. The second-order valence-electron chi connectivity index (χ2n) is 7.85. The lowest BCUT2D eigenvalue weighted by Crippen LogP contribution is -2.45. The van der Waals surface area contributed by atoms with Crippen LogP contribution in [0.15, 0.2) is 42.5 Å². The third kappa shape index (κ3) is 5.14. The van der Waals surface area contributed by atoms with Crippen molar-refractivity contribution in [3.63, 3.8) is 0 Å². The van der Waals surface area contributed by atoms with Crippen LogP contribution in [0.25, 0.3) is 0 Å². The number of hydrazine groups is 1. The van der Waals surface area contributed by atoms with Crippen LogP contribution >= 0.6 is 0 Å². The summed E-state index contributed by atoms with van der Waals surface area (Å²) in [5, 5.41) is 1.77. The minimum Gasteiger partial charge on any atom is -0.326 e. The summed E-state index contributed by atoms with van der Waals surface area (Å²) in [6, 6.07) is 13.1. The van der Waals surface area contributed by atoms with Gasteiger partial charge in [0.25, 0.3) is 10.0 Å². The zero-order valence-corrected chi connectivity index (χ0v) is 17.9. The number of sulfonamides is 1. The van der Waals surface area contributed by atoms with E-state index < -0.39 is 21.3 Å². The van der Waals surface area contributed by atoms with E-state index in [2.05, 4.69) is 34.7 Å². The van der Waals surface area contributed by atoms with Crippen LogP contribution in [0, 0.1) is 19.8 Å². The maximum atomic E-state index is 12.9. The molecule has 1 aliphatic heterocycles. The first-order valence-corrected chi connectivity index (χ1v) is 11.2. The molecule has 8 heteroatoms. The van der Waals surface area contributed by atoms with E-state index in [4.69, 9.17) is 0 Å². The molecule has 1 amide bonds. The molecule has 0 bridgehead atoms. The first kappa shape index (κ1) is 21.3. The Morgan fingerprint density at radius 1 is 1.07 bits per heavy atom. The number of aryl methyl sites for hydroxylation is 2. The van der Waals surface area contributed by atoms with Crippen molar-refractivity contribution in [3.8, 4) is 0 Å². The normalized spacial score (nSPS) is 19.3. The van der Waals surface area contributed by atoms with Crippen molar-refractivity contribution in [2.24, 2.45) is 5.92 Å². The SMILES string of the molecule is Cc1cc(C)cc(NS(=O)(=O)C2NNCC2C(=O)Nc2cccc(C(C)C)c2)c1. The average Bonchev–Trinajstić information content (AvgIpc) is 3.11. The first-order chi connectivity index (χ1) is 13.7. The molecule has 1 saturated heterocycles. The molecule has 0 spiro atoms. The van der Waals surface area contributed by atoms with Crippen molar-refractivity contribution < 1.29 is 13.2 Å². The van der Waals surface area contributed by atoms with Gasteiger partial charge in [-0.05, 0) is 60.7 Å². The molecule has 2 atom stereocenters. The van der Waals surface area contributed by atoms with Gasteiger partial charge < -0.3 is 5.32 Å². The molecule has 7 nitrogen and oxygen atoms in total. The maximum Gasteiger partial charge on any atom is 0.250 e. The number of carbonyl (C=O) groups excluding carboxylic acids is 1. The minimum absolute atomic E-state index is 0.216. The summed E-state index contributed by atoms with van der Waals surface area (Å²) in [6.07, 6.45) is 0.